The summed E-state index contributed by atoms with van der Waals surface area (Å²) in [6.07, 6.45) is 3.29. The van der Waals surface area contributed by atoms with E-state index in [1.54, 1.807) is 4.90 Å². The largest absolute Gasteiger partial charge is 0.511 e. The number of rotatable bonds is 6. The van der Waals surface area contributed by atoms with Gasteiger partial charge in [-0.2, -0.15) is 0 Å². The van der Waals surface area contributed by atoms with Gasteiger partial charge >= 0.3 is 6.16 Å². The molecule has 2 aromatic rings. The Kier molecular flexibility index (Phi) is 5.88. The zero-order valence-corrected chi connectivity index (χ0v) is 17.7. The summed E-state index contributed by atoms with van der Waals surface area (Å²) in [5.74, 6) is -2.06. The van der Waals surface area contributed by atoms with Crippen molar-refractivity contribution >= 4 is 22.7 Å². The summed E-state index contributed by atoms with van der Waals surface area (Å²) in [5, 5.41) is 8.69. The van der Waals surface area contributed by atoms with Gasteiger partial charge in [-0.3, -0.25) is 9.69 Å². The summed E-state index contributed by atoms with van der Waals surface area (Å²) in [6, 6.07) is 1.08. The number of ether oxygens (including phenoxy) is 1. The maximum absolute atomic E-state index is 15.8. The van der Waals surface area contributed by atoms with Crippen LogP contribution in [0.1, 0.15) is 45.6 Å². The molecule has 1 saturated carbocycles. The lowest BCUT2D eigenvalue weighted by Crippen LogP contribution is -2.52. The molecule has 7 nitrogen and oxygen atoms in total. The molecule has 1 N–H and O–H groups in total. The molecule has 1 aliphatic carbocycles. The van der Waals surface area contributed by atoms with Gasteiger partial charge in [0.25, 0.3) is 0 Å². The normalized spacial score (nSPS) is 19.7. The Labute approximate surface area is 178 Å². The van der Waals surface area contributed by atoms with E-state index in [0.717, 1.165) is 38.3 Å². The molecule has 0 radical (unpaired) electrons. The van der Waals surface area contributed by atoms with E-state index in [0.29, 0.717) is 19.6 Å². The maximum atomic E-state index is 15.8. The molecule has 2 aliphatic rings. The highest BCUT2D eigenvalue weighted by Crippen LogP contribution is 2.40. The first-order valence-electron chi connectivity index (χ1n) is 10.8. The van der Waals surface area contributed by atoms with Crippen LogP contribution in [0.15, 0.2) is 17.1 Å². The van der Waals surface area contributed by atoms with Gasteiger partial charge in [0, 0.05) is 31.7 Å². The van der Waals surface area contributed by atoms with Gasteiger partial charge in [0.15, 0.2) is 11.6 Å². The van der Waals surface area contributed by atoms with E-state index >= 15 is 8.78 Å². The predicted molar refractivity (Wildman–Crippen MR) is 113 cm³/mol. The third-order valence-electron chi connectivity index (χ3n) is 6.17. The summed E-state index contributed by atoms with van der Waals surface area (Å²) in [6.45, 7) is 6.82. The van der Waals surface area contributed by atoms with E-state index in [1.165, 1.54) is 10.8 Å². The van der Waals surface area contributed by atoms with E-state index in [1.807, 2.05) is 6.92 Å². The van der Waals surface area contributed by atoms with Crippen molar-refractivity contribution in [3.05, 3.63) is 34.1 Å². The molecule has 1 unspecified atom stereocenters. The average molecular weight is 435 g/mol. The first-order chi connectivity index (χ1) is 14.8. The van der Waals surface area contributed by atoms with Crippen LogP contribution in [-0.2, 0) is 0 Å². The summed E-state index contributed by atoms with van der Waals surface area (Å²) in [4.78, 5) is 27.7. The second-order valence-electron chi connectivity index (χ2n) is 8.43. The Hall–Kier alpha value is -2.68. The molecule has 1 aromatic carbocycles. The SMILES string of the molecule is CCCCN1CCN(c2c(F)cc3c(=O)c(OC(=O)O)cn(C4CC4)c3c2F)CC1C. The van der Waals surface area contributed by atoms with Crippen LogP contribution >= 0.6 is 0 Å². The number of nitrogens with zero attached hydrogens (tertiary/aromatic N) is 3. The van der Waals surface area contributed by atoms with Crippen molar-refractivity contribution in [3.63, 3.8) is 0 Å². The molecule has 0 spiro atoms. The highest BCUT2D eigenvalue weighted by Gasteiger charge is 2.32. The number of aromatic nitrogens is 1. The molecular formula is C22H27F2N3O4. The smallest absolute Gasteiger partial charge is 0.449 e. The number of benzene rings is 1. The standard InChI is InChI=1S/C22H27F2N3O4/c1-3-4-7-25-8-9-26(11-13(25)2)20-16(23)10-15-19(18(20)24)27(14-5-6-14)12-17(21(15)28)31-22(29)30/h10,12-14H,3-9,11H2,1-2H3,(H,29,30). The van der Waals surface area contributed by atoms with Crippen LogP contribution in [0.4, 0.5) is 19.3 Å². The molecule has 2 heterocycles. The lowest BCUT2D eigenvalue weighted by molar-refractivity contribution is 0.143. The maximum Gasteiger partial charge on any atom is 0.511 e. The van der Waals surface area contributed by atoms with Gasteiger partial charge < -0.3 is 19.3 Å². The highest BCUT2D eigenvalue weighted by molar-refractivity contribution is 5.86. The van der Waals surface area contributed by atoms with Crippen LogP contribution in [0.3, 0.4) is 0 Å². The molecule has 0 bridgehead atoms. The first-order valence-corrected chi connectivity index (χ1v) is 10.8. The van der Waals surface area contributed by atoms with Crippen molar-refractivity contribution in [2.45, 2.75) is 51.6 Å². The number of halogens is 2. The van der Waals surface area contributed by atoms with Crippen LogP contribution < -0.4 is 15.1 Å². The number of anilines is 1. The van der Waals surface area contributed by atoms with Crippen molar-refractivity contribution in [3.8, 4) is 5.75 Å². The predicted octanol–water partition coefficient (Wildman–Crippen LogP) is 3.98. The van der Waals surface area contributed by atoms with E-state index in [9.17, 15) is 9.59 Å². The Morgan fingerprint density at radius 1 is 1.29 bits per heavy atom. The Bertz CT molecular complexity index is 1070. The fraction of sp³-hybridized carbons (Fsp3) is 0.545. The van der Waals surface area contributed by atoms with Crippen molar-refractivity contribution in [1.29, 1.82) is 0 Å². The Morgan fingerprint density at radius 3 is 2.65 bits per heavy atom. The topological polar surface area (TPSA) is 75.0 Å². The molecule has 4 rings (SSSR count). The minimum Gasteiger partial charge on any atom is -0.449 e. The van der Waals surface area contributed by atoms with Crippen LogP contribution in [0.2, 0.25) is 0 Å². The van der Waals surface area contributed by atoms with Crippen molar-refractivity contribution in [2.24, 2.45) is 0 Å². The number of carbonyl (C=O) groups is 1. The molecule has 168 valence electrons. The quantitative estimate of drug-likeness (QED) is 0.692. The molecule has 2 fully saturated rings. The van der Waals surface area contributed by atoms with Gasteiger partial charge in [0.05, 0.1) is 17.1 Å². The summed E-state index contributed by atoms with van der Waals surface area (Å²) < 4.78 is 37.0. The van der Waals surface area contributed by atoms with Crippen molar-refractivity contribution in [2.75, 3.05) is 31.1 Å². The Balaban J connectivity index is 1.77. The molecular weight excluding hydrogens is 408 g/mol. The van der Waals surface area contributed by atoms with Gasteiger partial charge in [-0.25, -0.2) is 13.6 Å². The number of pyridine rings is 1. The number of piperazine rings is 1. The fourth-order valence-electron chi connectivity index (χ4n) is 4.40. The molecule has 31 heavy (non-hydrogen) atoms. The minimum absolute atomic E-state index is 0.00250. The van der Waals surface area contributed by atoms with Crippen molar-refractivity contribution < 1.29 is 23.4 Å². The Morgan fingerprint density at radius 2 is 2.03 bits per heavy atom. The van der Waals surface area contributed by atoms with Gasteiger partial charge in [0.2, 0.25) is 5.43 Å². The van der Waals surface area contributed by atoms with Gasteiger partial charge in [0.1, 0.15) is 11.5 Å². The number of hydrogen-bond acceptors (Lipinski definition) is 5. The molecule has 1 saturated heterocycles. The zero-order valence-electron chi connectivity index (χ0n) is 17.7. The second kappa shape index (κ2) is 8.45. The fourth-order valence-corrected chi connectivity index (χ4v) is 4.40. The zero-order chi connectivity index (χ0) is 22.3. The van der Waals surface area contributed by atoms with Crippen LogP contribution in [-0.4, -0.2) is 52.9 Å². The lowest BCUT2D eigenvalue weighted by atomic mass is 10.1. The minimum atomic E-state index is -1.65. The number of fused-ring (bicyclic) bond motifs is 1. The van der Waals surface area contributed by atoms with E-state index < -0.39 is 29.0 Å². The molecule has 0 amide bonds. The van der Waals surface area contributed by atoms with Gasteiger partial charge in [-0.05, 0) is 38.8 Å². The van der Waals surface area contributed by atoms with E-state index in [-0.39, 0.29) is 28.7 Å². The number of unbranched alkanes of at least 4 members (excludes halogenated alkanes) is 1. The summed E-state index contributed by atoms with van der Waals surface area (Å²) in [5.41, 5.74) is -0.964. The lowest BCUT2D eigenvalue weighted by Gasteiger charge is -2.41. The number of hydrogen-bond donors (Lipinski definition) is 1. The first kappa shape index (κ1) is 21.5. The average Bonchev–Trinajstić information content (AvgIpc) is 3.54. The van der Waals surface area contributed by atoms with Crippen LogP contribution in [0.5, 0.6) is 5.75 Å². The molecule has 1 aliphatic heterocycles. The molecule has 1 atom stereocenters. The third kappa shape index (κ3) is 4.11. The van der Waals surface area contributed by atoms with E-state index in [4.69, 9.17) is 5.11 Å². The summed E-state index contributed by atoms with van der Waals surface area (Å²) >= 11 is 0. The second-order valence-corrected chi connectivity index (χ2v) is 8.43. The highest BCUT2D eigenvalue weighted by atomic mass is 19.1. The van der Waals surface area contributed by atoms with Gasteiger partial charge in [-0.1, -0.05) is 13.3 Å². The third-order valence-corrected chi connectivity index (χ3v) is 6.17. The molecule has 9 heteroatoms. The summed E-state index contributed by atoms with van der Waals surface area (Å²) in [7, 11) is 0. The van der Waals surface area contributed by atoms with Gasteiger partial charge in [-0.15, -0.1) is 0 Å². The van der Waals surface area contributed by atoms with Crippen LogP contribution in [0.25, 0.3) is 10.9 Å². The van der Waals surface area contributed by atoms with Crippen LogP contribution in [0, 0.1) is 11.6 Å². The number of carboxylic acid groups (broad SMARTS) is 1. The van der Waals surface area contributed by atoms with Crippen molar-refractivity contribution in [1.82, 2.24) is 9.47 Å². The monoisotopic (exact) mass is 435 g/mol. The van der Waals surface area contributed by atoms with E-state index in [2.05, 4.69) is 16.6 Å². The molecule has 1 aromatic heterocycles.